The van der Waals surface area contributed by atoms with Crippen molar-refractivity contribution in [1.82, 2.24) is 5.32 Å². The number of hydrogen-bond acceptors (Lipinski definition) is 1. The molecule has 0 bridgehead atoms. The number of rotatable bonds is 4. The van der Waals surface area contributed by atoms with E-state index >= 15 is 0 Å². The summed E-state index contributed by atoms with van der Waals surface area (Å²) in [5.41, 5.74) is 0.482. The lowest BCUT2D eigenvalue weighted by atomic mass is 9.84. The molecule has 0 fully saturated rings. The minimum atomic E-state index is -0.512. The van der Waals surface area contributed by atoms with Gasteiger partial charge in [-0.25, -0.2) is 4.39 Å². The number of hydrogen-bond donors (Lipinski definition) is 1. The van der Waals surface area contributed by atoms with Crippen LogP contribution in [0.1, 0.15) is 29.8 Å². The van der Waals surface area contributed by atoms with Crippen LogP contribution in [-0.4, -0.2) is 12.5 Å². The van der Waals surface area contributed by atoms with Gasteiger partial charge in [0.15, 0.2) is 0 Å². The van der Waals surface area contributed by atoms with E-state index in [1.54, 1.807) is 42.5 Å². The van der Waals surface area contributed by atoms with Crippen molar-refractivity contribution in [1.29, 1.82) is 0 Å². The van der Waals surface area contributed by atoms with E-state index in [1.807, 2.05) is 13.8 Å². The predicted molar refractivity (Wildman–Crippen MR) is 83.2 cm³/mol. The first kappa shape index (κ1) is 15.5. The highest BCUT2D eigenvalue weighted by Crippen LogP contribution is 2.25. The fourth-order valence-corrected chi connectivity index (χ4v) is 2.37. The van der Waals surface area contributed by atoms with Crippen molar-refractivity contribution in [2.24, 2.45) is 0 Å². The van der Waals surface area contributed by atoms with Crippen molar-refractivity contribution in [2.75, 3.05) is 6.54 Å². The molecule has 0 saturated heterocycles. The van der Waals surface area contributed by atoms with Crippen LogP contribution in [-0.2, 0) is 5.41 Å². The maximum Gasteiger partial charge on any atom is 0.252 e. The highest BCUT2D eigenvalue weighted by atomic mass is 35.5. The van der Waals surface area contributed by atoms with Crippen molar-refractivity contribution >= 4 is 17.5 Å². The molecule has 0 aromatic heterocycles. The third kappa shape index (κ3) is 3.61. The van der Waals surface area contributed by atoms with E-state index in [2.05, 4.69) is 5.32 Å². The van der Waals surface area contributed by atoms with E-state index < -0.39 is 5.41 Å². The maximum atomic E-state index is 13.9. The zero-order valence-corrected chi connectivity index (χ0v) is 12.7. The molecule has 0 radical (unpaired) electrons. The molecule has 0 saturated carbocycles. The Morgan fingerprint density at radius 1 is 1.14 bits per heavy atom. The molecule has 2 aromatic rings. The van der Waals surface area contributed by atoms with Crippen molar-refractivity contribution in [2.45, 2.75) is 19.3 Å². The third-order valence-electron chi connectivity index (χ3n) is 3.41. The van der Waals surface area contributed by atoms with Crippen LogP contribution in [0.15, 0.2) is 48.5 Å². The van der Waals surface area contributed by atoms with Crippen molar-refractivity contribution in [3.05, 3.63) is 70.5 Å². The van der Waals surface area contributed by atoms with E-state index in [9.17, 15) is 9.18 Å². The molecule has 2 rings (SSSR count). The summed E-state index contributed by atoms with van der Waals surface area (Å²) in [5.74, 6) is -0.528. The molecule has 0 aliphatic rings. The monoisotopic (exact) mass is 305 g/mol. The van der Waals surface area contributed by atoms with E-state index in [-0.39, 0.29) is 11.7 Å². The highest BCUT2D eigenvalue weighted by molar-refractivity contribution is 6.33. The molecule has 4 heteroatoms. The van der Waals surface area contributed by atoms with Crippen LogP contribution < -0.4 is 5.32 Å². The summed E-state index contributed by atoms with van der Waals surface area (Å²) in [7, 11) is 0. The summed E-state index contributed by atoms with van der Waals surface area (Å²) in [5, 5.41) is 3.22. The van der Waals surface area contributed by atoms with Crippen LogP contribution in [0.25, 0.3) is 0 Å². The summed E-state index contributed by atoms with van der Waals surface area (Å²) in [6.07, 6.45) is 0. The molecule has 21 heavy (non-hydrogen) atoms. The highest BCUT2D eigenvalue weighted by Gasteiger charge is 2.25. The predicted octanol–water partition coefficient (Wildman–Crippen LogP) is 4.19. The summed E-state index contributed by atoms with van der Waals surface area (Å²) in [6, 6.07) is 13.4. The molecule has 0 unspecified atom stereocenters. The average Bonchev–Trinajstić information content (AvgIpc) is 2.45. The number of halogens is 2. The van der Waals surface area contributed by atoms with Gasteiger partial charge in [-0.05, 0) is 23.8 Å². The first-order valence-corrected chi connectivity index (χ1v) is 7.07. The smallest absolute Gasteiger partial charge is 0.252 e. The first-order valence-electron chi connectivity index (χ1n) is 6.69. The zero-order valence-electron chi connectivity index (χ0n) is 12.0. The van der Waals surface area contributed by atoms with E-state index in [1.165, 1.54) is 6.07 Å². The topological polar surface area (TPSA) is 29.1 Å². The standard InChI is InChI=1S/C17H17ClFNO/c1-17(2,13-8-4-6-10-15(13)19)11-20-16(21)12-7-3-5-9-14(12)18/h3-10H,11H2,1-2H3,(H,20,21). The summed E-state index contributed by atoms with van der Waals surface area (Å²) in [6.45, 7) is 4.09. The maximum absolute atomic E-state index is 13.9. The van der Waals surface area contributed by atoms with Gasteiger partial charge in [0.25, 0.3) is 5.91 Å². The van der Waals surface area contributed by atoms with E-state index in [0.717, 1.165) is 0 Å². The lowest BCUT2D eigenvalue weighted by Gasteiger charge is -2.26. The molecule has 0 heterocycles. The molecular weight excluding hydrogens is 289 g/mol. The SMILES string of the molecule is CC(C)(CNC(=O)c1ccccc1Cl)c1ccccc1F. The number of nitrogens with one attached hydrogen (secondary N) is 1. The molecule has 0 aliphatic carbocycles. The molecule has 0 spiro atoms. The van der Waals surface area contributed by atoms with Crippen molar-refractivity contribution < 1.29 is 9.18 Å². The van der Waals surface area contributed by atoms with Crippen LogP contribution in [0.3, 0.4) is 0 Å². The average molecular weight is 306 g/mol. The lowest BCUT2D eigenvalue weighted by molar-refractivity contribution is 0.0945. The first-order chi connectivity index (χ1) is 9.92. The van der Waals surface area contributed by atoms with Crippen LogP contribution in [0.5, 0.6) is 0 Å². The van der Waals surface area contributed by atoms with Gasteiger partial charge in [-0.3, -0.25) is 4.79 Å². The summed E-state index contributed by atoms with van der Waals surface area (Å²) < 4.78 is 13.9. The Bertz CT molecular complexity index is 655. The molecule has 1 amide bonds. The number of amides is 1. The third-order valence-corrected chi connectivity index (χ3v) is 3.74. The molecule has 2 nitrogen and oxygen atoms in total. The number of carbonyl (C=O) groups excluding carboxylic acids is 1. The minimum Gasteiger partial charge on any atom is -0.351 e. The fraction of sp³-hybridized carbons (Fsp3) is 0.235. The van der Waals surface area contributed by atoms with Gasteiger partial charge >= 0.3 is 0 Å². The van der Waals surface area contributed by atoms with Crippen molar-refractivity contribution in [3.8, 4) is 0 Å². The number of benzene rings is 2. The molecule has 0 aliphatic heterocycles. The lowest BCUT2D eigenvalue weighted by Crippen LogP contribution is -2.37. The second kappa shape index (κ2) is 6.27. The van der Waals surface area contributed by atoms with Gasteiger partial charge < -0.3 is 5.32 Å². The Kier molecular flexibility index (Phi) is 4.63. The normalized spacial score (nSPS) is 11.2. The van der Waals surface area contributed by atoms with Gasteiger partial charge in [0, 0.05) is 12.0 Å². The van der Waals surface area contributed by atoms with Gasteiger partial charge in [-0.2, -0.15) is 0 Å². The molecule has 0 atom stereocenters. The summed E-state index contributed by atoms with van der Waals surface area (Å²) >= 11 is 5.99. The van der Waals surface area contributed by atoms with Gasteiger partial charge in [0.05, 0.1) is 10.6 Å². The second-order valence-electron chi connectivity index (χ2n) is 5.53. The van der Waals surface area contributed by atoms with E-state index in [4.69, 9.17) is 11.6 Å². The fourth-order valence-electron chi connectivity index (χ4n) is 2.15. The molecular formula is C17H17ClFNO. The number of carbonyl (C=O) groups is 1. The van der Waals surface area contributed by atoms with Gasteiger partial charge in [-0.15, -0.1) is 0 Å². The molecule has 1 N–H and O–H groups in total. The van der Waals surface area contributed by atoms with Crippen LogP contribution in [0, 0.1) is 5.82 Å². The largest absolute Gasteiger partial charge is 0.351 e. The van der Waals surface area contributed by atoms with Gasteiger partial charge in [-0.1, -0.05) is 55.8 Å². The molecule has 2 aromatic carbocycles. The van der Waals surface area contributed by atoms with Crippen LogP contribution in [0.4, 0.5) is 4.39 Å². The Morgan fingerprint density at radius 3 is 2.43 bits per heavy atom. The molecule has 110 valence electrons. The van der Waals surface area contributed by atoms with Crippen molar-refractivity contribution in [3.63, 3.8) is 0 Å². The Morgan fingerprint density at radius 2 is 1.76 bits per heavy atom. The Labute approximate surface area is 128 Å². The Hall–Kier alpha value is -1.87. The second-order valence-corrected chi connectivity index (χ2v) is 5.93. The quantitative estimate of drug-likeness (QED) is 0.901. The van der Waals surface area contributed by atoms with E-state index in [0.29, 0.717) is 22.7 Å². The minimum absolute atomic E-state index is 0.259. The van der Waals surface area contributed by atoms with Gasteiger partial charge in [0.1, 0.15) is 5.82 Å². The zero-order chi connectivity index (χ0) is 15.5. The van der Waals surface area contributed by atoms with Crippen LogP contribution >= 0.6 is 11.6 Å². The summed E-state index contributed by atoms with van der Waals surface area (Å²) in [4.78, 5) is 12.1. The van der Waals surface area contributed by atoms with Crippen LogP contribution in [0.2, 0.25) is 5.02 Å². The van der Waals surface area contributed by atoms with Gasteiger partial charge in [0.2, 0.25) is 0 Å². The Balaban J connectivity index is 2.11.